The summed E-state index contributed by atoms with van der Waals surface area (Å²) in [6.07, 6.45) is 0.984. The molecule has 1 rings (SSSR count). The van der Waals surface area contributed by atoms with Gasteiger partial charge in [-0.3, -0.25) is 4.99 Å². The highest BCUT2D eigenvalue weighted by Crippen LogP contribution is 2.29. The second-order valence-electron chi connectivity index (χ2n) is 5.76. The van der Waals surface area contributed by atoms with Crippen molar-refractivity contribution in [3.05, 3.63) is 24.3 Å². The van der Waals surface area contributed by atoms with Crippen molar-refractivity contribution in [2.24, 2.45) is 10.9 Å². The molecule has 0 aliphatic rings. The molecule has 2 N–H and O–H groups in total. The molecule has 7 heteroatoms. The lowest BCUT2D eigenvalue weighted by Gasteiger charge is -2.14. The number of nitrogens with one attached hydrogen (secondary N) is 2. The van der Waals surface area contributed by atoms with Gasteiger partial charge in [-0.2, -0.15) is 0 Å². The molecule has 0 fully saturated rings. The highest BCUT2D eigenvalue weighted by Gasteiger charge is 2.07. The van der Waals surface area contributed by atoms with E-state index >= 15 is 0 Å². The number of hydrogen-bond donors (Lipinski definition) is 2. The van der Waals surface area contributed by atoms with Crippen LogP contribution >= 0.6 is 35.7 Å². The van der Waals surface area contributed by atoms with Gasteiger partial charge in [0.1, 0.15) is 5.75 Å². The van der Waals surface area contributed by atoms with Crippen molar-refractivity contribution in [2.75, 3.05) is 45.7 Å². The smallest absolute Gasteiger partial charge is 0.191 e. The van der Waals surface area contributed by atoms with Crippen molar-refractivity contribution in [1.29, 1.82) is 0 Å². The highest BCUT2D eigenvalue weighted by molar-refractivity contribution is 14.0. The zero-order chi connectivity index (χ0) is 18.3. The molecule has 1 aromatic rings. The fourth-order valence-electron chi connectivity index (χ4n) is 2.14. The second-order valence-corrected chi connectivity index (χ2v) is 6.83. The first-order valence-electron chi connectivity index (χ1n) is 9.06. The van der Waals surface area contributed by atoms with Crippen LogP contribution in [0.25, 0.3) is 0 Å². The predicted octanol–water partition coefficient (Wildman–Crippen LogP) is 4.02. The van der Waals surface area contributed by atoms with E-state index in [1.807, 2.05) is 36.9 Å². The van der Waals surface area contributed by atoms with Crippen molar-refractivity contribution in [3.63, 3.8) is 0 Å². The van der Waals surface area contributed by atoms with Gasteiger partial charge in [-0.25, -0.2) is 0 Å². The lowest BCUT2D eigenvalue weighted by Crippen LogP contribution is -2.38. The molecular weight excluding hydrogens is 461 g/mol. The van der Waals surface area contributed by atoms with Crippen LogP contribution in [0.3, 0.4) is 0 Å². The zero-order valence-electron chi connectivity index (χ0n) is 16.4. The average molecular weight is 495 g/mol. The molecule has 0 aliphatic carbocycles. The minimum atomic E-state index is 0. The molecule has 150 valence electrons. The SMILES string of the molecule is CCNC(=NCC(C)CSc1ccccc1OC)NCCCOCC.I. The van der Waals surface area contributed by atoms with E-state index in [0.29, 0.717) is 5.92 Å². The first kappa shape index (κ1) is 25.3. The number of thioether (sulfide) groups is 1. The number of para-hydroxylation sites is 1. The third-order valence-corrected chi connectivity index (χ3v) is 4.84. The monoisotopic (exact) mass is 495 g/mol. The number of methoxy groups -OCH3 is 1. The molecule has 1 atom stereocenters. The van der Waals surface area contributed by atoms with Crippen molar-refractivity contribution >= 4 is 41.7 Å². The number of benzene rings is 1. The van der Waals surface area contributed by atoms with Crippen molar-refractivity contribution < 1.29 is 9.47 Å². The van der Waals surface area contributed by atoms with E-state index in [4.69, 9.17) is 14.5 Å². The van der Waals surface area contributed by atoms with E-state index in [2.05, 4.69) is 30.5 Å². The Balaban J connectivity index is 0.00000625. The molecule has 0 bridgehead atoms. The van der Waals surface area contributed by atoms with Gasteiger partial charge in [-0.05, 0) is 38.3 Å². The van der Waals surface area contributed by atoms with Crippen LogP contribution in [0.4, 0.5) is 0 Å². The van der Waals surface area contributed by atoms with E-state index in [1.165, 1.54) is 4.90 Å². The Hall–Kier alpha value is -0.670. The first-order chi connectivity index (χ1) is 12.2. The summed E-state index contributed by atoms with van der Waals surface area (Å²) < 4.78 is 10.8. The van der Waals surface area contributed by atoms with Gasteiger partial charge >= 0.3 is 0 Å². The first-order valence-corrected chi connectivity index (χ1v) is 10.1. The molecule has 0 aliphatic heterocycles. The van der Waals surface area contributed by atoms with Crippen molar-refractivity contribution in [1.82, 2.24) is 10.6 Å². The van der Waals surface area contributed by atoms with Gasteiger partial charge in [-0.15, -0.1) is 35.7 Å². The summed E-state index contributed by atoms with van der Waals surface area (Å²) in [5, 5.41) is 6.65. The van der Waals surface area contributed by atoms with Crippen LogP contribution in [0.15, 0.2) is 34.2 Å². The van der Waals surface area contributed by atoms with Gasteiger partial charge in [-0.1, -0.05) is 19.1 Å². The topological polar surface area (TPSA) is 54.9 Å². The van der Waals surface area contributed by atoms with Gasteiger partial charge in [0.2, 0.25) is 0 Å². The Bertz CT molecular complexity index is 503. The largest absolute Gasteiger partial charge is 0.496 e. The Morgan fingerprint density at radius 3 is 2.69 bits per heavy atom. The molecular formula is C19H34IN3O2S. The van der Waals surface area contributed by atoms with Gasteiger partial charge in [0.05, 0.1) is 7.11 Å². The molecule has 5 nitrogen and oxygen atoms in total. The number of nitrogens with zero attached hydrogens (tertiary/aromatic N) is 1. The standard InChI is InChI=1S/C19H33N3O2S.HI/c1-5-20-19(21-12-9-13-24-6-2)22-14-16(3)15-25-18-11-8-7-10-17(18)23-4;/h7-8,10-11,16H,5-6,9,12-15H2,1-4H3,(H2,20,21,22);1H. The van der Waals surface area contributed by atoms with E-state index in [1.54, 1.807) is 7.11 Å². The Morgan fingerprint density at radius 2 is 2.00 bits per heavy atom. The van der Waals surface area contributed by atoms with Crippen LogP contribution in [0.2, 0.25) is 0 Å². The summed E-state index contributed by atoms with van der Waals surface area (Å²) >= 11 is 1.82. The quantitative estimate of drug-likeness (QED) is 0.151. The zero-order valence-corrected chi connectivity index (χ0v) is 19.6. The molecule has 0 spiro atoms. The maximum atomic E-state index is 5.40. The molecule has 0 amide bonds. The van der Waals surface area contributed by atoms with E-state index in [-0.39, 0.29) is 24.0 Å². The maximum absolute atomic E-state index is 5.40. The summed E-state index contributed by atoms with van der Waals surface area (Å²) in [6, 6.07) is 8.14. The number of halogens is 1. The maximum Gasteiger partial charge on any atom is 0.191 e. The Labute approximate surface area is 180 Å². The predicted molar refractivity (Wildman–Crippen MR) is 123 cm³/mol. The van der Waals surface area contributed by atoms with E-state index < -0.39 is 0 Å². The Morgan fingerprint density at radius 1 is 1.23 bits per heavy atom. The third-order valence-electron chi connectivity index (χ3n) is 3.46. The molecule has 1 aromatic carbocycles. The summed E-state index contributed by atoms with van der Waals surface area (Å²) in [4.78, 5) is 5.88. The fourth-order valence-corrected chi connectivity index (χ4v) is 3.17. The van der Waals surface area contributed by atoms with Crippen LogP contribution in [0.5, 0.6) is 5.75 Å². The molecule has 26 heavy (non-hydrogen) atoms. The minimum absolute atomic E-state index is 0. The number of aliphatic imine (C=N–C) groups is 1. The highest BCUT2D eigenvalue weighted by atomic mass is 127. The molecule has 0 saturated heterocycles. The number of rotatable bonds is 12. The average Bonchev–Trinajstić information content (AvgIpc) is 2.64. The Kier molecular flexibility index (Phi) is 16.1. The van der Waals surface area contributed by atoms with E-state index in [9.17, 15) is 0 Å². The number of hydrogen-bond acceptors (Lipinski definition) is 4. The number of ether oxygens (including phenoxy) is 2. The van der Waals surface area contributed by atoms with Gasteiger partial charge in [0.25, 0.3) is 0 Å². The molecule has 0 radical (unpaired) electrons. The van der Waals surface area contributed by atoms with Gasteiger partial charge in [0, 0.05) is 43.5 Å². The minimum Gasteiger partial charge on any atom is -0.496 e. The van der Waals surface area contributed by atoms with Crippen LogP contribution in [-0.4, -0.2) is 51.7 Å². The second kappa shape index (κ2) is 16.5. The third kappa shape index (κ3) is 11.1. The molecule has 0 saturated carbocycles. The van der Waals surface area contributed by atoms with Crippen molar-refractivity contribution in [2.45, 2.75) is 32.1 Å². The fraction of sp³-hybridized carbons (Fsp3) is 0.632. The van der Waals surface area contributed by atoms with Gasteiger partial charge < -0.3 is 20.1 Å². The summed E-state index contributed by atoms with van der Waals surface area (Å²) in [5.74, 6) is 3.31. The molecule has 1 unspecified atom stereocenters. The van der Waals surface area contributed by atoms with Crippen LogP contribution < -0.4 is 15.4 Å². The van der Waals surface area contributed by atoms with Crippen LogP contribution in [-0.2, 0) is 4.74 Å². The lowest BCUT2D eigenvalue weighted by molar-refractivity contribution is 0.145. The van der Waals surface area contributed by atoms with Crippen molar-refractivity contribution in [3.8, 4) is 5.75 Å². The summed E-state index contributed by atoms with van der Waals surface area (Å²) in [7, 11) is 1.72. The molecule has 0 aromatic heterocycles. The van der Waals surface area contributed by atoms with E-state index in [0.717, 1.165) is 56.7 Å². The normalized spacial score (nSPS) is 12.2. The summed E-state index contributed by atoms with van der Waals surface area (Å²) in [5.41, 5.74) is 0. The number of guanidine groups is 1. The molecule has 0 heterocycles. The van der Waals surface area contributed by atoms with Crippen LogP contribution in [0, 0.1) is 5.92 Å². The summed E-state index contributed by atoms with van der Waals surface area (Å²) in [6.45, 7) is 10.4. The lowest BCUT2D eigenvalue weighted by atomic mass is 10.2. The van der Waals surface area contributed by atoms with Crippen LogP contribution in [0.1, 0.15) is 27.2 Å². The van der Waals surface area contributed by atoms with Gasteiger partial charge in [0.15, 0.2) is 5.96 Å².